The van der Waals surface area contributed by atoms with Crippen molar-refractivity contribution in [2.24, 2.45) is 0 Å². The molecule has 0 aliphatic heterocycles. The number of rotatable bonds is 4. The van der Waals surface area contributed by atoms with Gasteiger partial charge in [0.2, 0.25) is 0 Å². The fourth-order valence-electron chi connectivity index (χ4n) is 2.47. The van der Waals surface area contributed by atoms with E-state index in [0.717, 1.165) is 0 Å². The number of carbonyl (C=O) groups is 3. The molecule has 0 aliphatic rings. The van der Waals surface area contributed by atoms with E-state index in [4.69, 9.17) is 21.1 Å². The minimum atomic E-state index is -0.490. The van der Waals surface area contributed by atoms with Crippen molar-refractivity contribution < 1.29 is 23.9 Å². The summed E-state index contributed by atoms with van der Waals surface area (Å²) in [6.07, 6.45) is 0.620. The number of hydrogen-bond donors (Lipinski definition) is 0. The third-order valence-electron chi connectivity index (χ3n) is 3.46. The zero-order valence-corrected chi connectivity index (χ0v) is 14.6. The molecule has 0 spiro atoms. The van der Waals surface area contributed by atoms with Gasteiger partial charge in [-0.1, -0.05) is 11.6 Å². The first kappa shape index (κ1) is 17.6. The molecule has 132 valence electrons. The lowest BCUT2D eigenvalue weighted by Crippen LogP contribution is -2.05. The summed E-state index contributed by atoms with van der Waals surface area (Å²) < 4.78 is 11.4. The maximum Gasteiger partial charge on any atom is 0.308 e. The van der Waals surface area contributed by atoms with Gasteiger partial charge in [0.1, 0.15) is 16.7 Å². The Morgan fingerprint density at radius 1 is 1.04 bits per heavy atom. The van der Waals surface area contributed by atoms with Crippen LogP contribution in [0.2, 0.25) is 5.15 Å². The fourth-order valence-corrected chi connectivity index (χ4v) is 2.75. The molecule has 26 heavy (non-hydrogen) atoms. The smallest absolute Gasteiger partial charge is 0.308 e. The molecule has 7 nitrogen and oxygen atoms in total. The van der Waals surface area contributed by atoms with Gasteiger partial charge < -0.3 is 9.47 Å². The first-order valence-electron chi connectivity index (χ1n) is 7.53. The average Bonchev–Trinajstić information content (AvgIpc) is 2.90. The summed E-state index contributed by atoms with van der Waals surface area (Å²) in [7, 11) is 0. The zero-order valence-electron chi connectivity index (χ0n) is 13.9. The number of halogens is 1. The number of aromatic nitrogens is 2. The summed E-state index contributed by atoms with van der Waals surface area (Å²) in [5.74, 6) is -0.353. The van der Waals surface area contributed by atoms with Gasteiger partial charge in [-0.2, -0.15) is 5.10 Å². The summed E-state index contributed by atoms with van der Waals surface area (Å²) in [6, 6.07) is 9.39. The van der Waals surface area contributed by atoms with Gasteiger partial charge in [0.05, 0.1) is 11.2 Å². The summed E-state index contributed by atoms with van der Waals surface area (Å²) in [5, 5.41) is 5.19. The number of esters is 2. The van der Waals surface area contributed by atoms with Crippen molar-refractivity contribution in [3.05, 3.63) is 47.1 Å². The molecule has 1 aromatic heterocycles. The Balaban J connectivity index is 2.10. The molecule has 0 atom stereocenters. The van der Waals surface area contributed by atoms with Crippen molar-refractivity contribution in [2.75, 3.05) is 0 Å². The molecular formula is C18H13ClN2O5. The van der Waals surface area contributed by atoms with Crippen molar-refractivity contribution in [3.63, 3.8) is 0 Å². The molecule has 3 rings (SSSR count). The second-order valence-corrected chi connectivity index (χ2v) is 5.77. The number of hydrogen-bond acceptors (Lipinski definition) is 6. The van der Waals surface area contributed by atoms with Crippen LogP contribution in [0.1, 0.15) is 24.2 Å². The van der Waals surface area contributed by atoms with Crippen LogP contribution in [0.5, 0.6) is 11.5 Å². The molecular weight excluding hydrogens is 360 g/mol. The number of carbonyl (C=O) groups excluding carboxylic acids is 3. The molecule has 8 heteroatoms. The lowest BCUT2D eigenvalue weighted by Gasteiger charge is -2.08. The largest absolute Gasteiger partial charge is 0.427 e. The first-order chi connectivity index (χ1) is 12.4. The minimum absolute atomic E-state index is 0.244. The van der Waals surface area contributed by atoms with Crippen LogP contribution in [0.15, 0.2) is 36.4 Å². The highest BCUT2D eigenvalue weighted by molar-refractivity contribution is 6.34. The molecule has 0 unspecified atom stereocenters. The molecule has 0 saturated heterocycles. The lowest BCUT2D eigenvalue weighted by molar-refractivity contribution is -0.132. The Hall–Kier alpha value is -3.19. The zero-order chi connectivity index (χ0) is 18.8. The van der Waals surface area contributed by atoms with Crippen molar-refractivity contribution >= 4 is 40.7 Å². The second kappa shape index (κ2) is 6.97. The van der Waals surface area contributed by atoms with E-state index in [9.17, 15) is 14.4 Å². The topological polar surface area (TPSA) is 87.5 Å². The standard InChI is InChI=1S/C18H13ClN2O5/c1-10(23)25-13-4-6-17(12(7-13)9-22)21-18(19)15-8-14(26-11(2)24)3-5-16(15)20-21/h3-9H,1-2H3. The van der Waals surface area contributed by atoms with E-state index >= 15 is 0 Å². The summed E-state index contributed by atoms with van der Waals surface area (Å²) in [6.45, 7) is 2.57. The van der Waals surface area contributed by atoms with Crippen molar-refractivity contribution in [1.29, 1.82) is 0 Å². The molecule has 0 fully saturated rings. The average molecular weight is 373 g/mol. The first-order valence-corrected chi connectivity index (χ1v) is 7.91. The molecule has 0 N–H and O–H groups in total. The predicted molar refractivity (Wildman–Crippen MR) is 94.1 cm³/mol. The van der Waals surface area contributed by atoms with Crippen LogP contribution in [0.25, 0.3) is 16.6 Å². The van der Waals surface area contributed by atoms with Crippen LogP contribution >= 0.6 is 11.6 Å². The van der Waals surface area contributed by atoms with Crippen molar-refractivity contribution in [1.82, 2.24) is 9.78 Å². The molecule has 0 saturated carbocycles. The third kappa shape index (κ3) is 3.43. The Labute approximate surface area is 153 Å². The van der Waals surface area contributed by atoms with E-state index in [1.165, 1.54) is 30.7 Å². The van der Waals surface area contributed by atoms with Crippen LogP contribution < -0.4 is 9.47 Å². The van der Waals surface area contributed by atoms with E-state index in [-0.39, 0.29) is 16.5 Å². The van der Waals surface area contributed by atoms with Crippen LogP contribution in [0.3, 0.4) is 0 Å². The van der Waals surface area contributed by atoms with Crippen LogP contribution in [0.4, 0.5) is 0 Å². The molecule has 3 aromatic rings. The molecule has 0 bridgehead atoms. The van der Waals surface area contributed by atoms with Crippen molar-refractivity contribution in [3.8, 4) is 17.2 Å². The Morgan fingerprint density at radius 2 is 1.65 bits per heavy atom. The van der Waals surface area contributed by atoms with E-state index < -0.39 is 11.9 Å². The highest BCUT2D eigenvalue weighted by Gasteiger charge is 2.16. The third-order valence-corrected chi connectivity index (χ3v) is 3.82. The lowest BCUT2D eigenvalue weighted by atomic mass is 10.2. The van der Waals surface area contributed by atoms with Gasteiger partial charge in [-0.05, 0) is 36.4 Å². The van der Waals surface area contributed by atoms with Crippen LogP contribution in [-0.2, 0) is 9.59 Å². The highest BCUT2D eigenvalue weighted by atomic mass is 35.5. The van der Waals surface area contributed by atoms with Crippen LogP contribution in [0, 0.1) is 0 Å². The van der Waals surface area contributed by atoms with E-state index in [1.807, 2.05) is 0 Å². The van der Waals surface area contributed by atoms with Crippen LogP contribution in [-0.4, -0.2) is 28.0 Å². The van der Waals surface area contributed by atoms with Gasteiger partial charge in [-0.15, -0.1) is 0 Å². The molecule has 0 radical (unpaired) electrons. The summed E-state index contributed by atoms with van der Waals surface area (Å²) >= 11 is 6.41. The Bertz CT molecular complexity index is 1040. The monoisotopic (exact) mass is 372 g/mol. The van der Waals surface area contributed by atoms with Gasteiger partial charge in [0.15, 0.2) is 6.29 Å². The van der Waals surface area contributed by atoms with E-state index in [0.29, 0.717) is 28.6 Å². The fraction of sp³-hybridized carbons (Fsp3) is 0.111. The van der Waals surface area contributed by atoms with E-state index in [1.54, 1.807) is 24.3 Å². The molecule has 0 aliphatic carbocycles. The Morgan fingerprint density at radius 3 is 2.27 bits per heavy atom. The van der Waals surface area contributed by atoms with Gasteiger partial charge in [-0.3, -0.25) is 14.4 Å². The minimum Gasteiger partial charge on any atom is -0.427 e. The van der Waals surface area contributed by atoms with Gasteiger partial charge in [0, 0.05) is 24.8 Å². The molecule has 1 heterocycles. The summed E-state index contributed by atoms with van der Waals surface area (Å²) in [5.41, 5.74) is 1.23. The van der Waals surface area contributed by atoms with Gasteiger partial charge in [-0.25, -0.2) is 4.68 Å². The summed E-state index contributed by atoms with van der Waals surface area (Å²) in [4.78, 5) is 33.6. The maximum atomic E-state index is 11.5. The number of fused-ring (bicyclic) bond motifs is 1. The maximum absolute atomic E-state index is 11.5. The Kier molecular flexibility index (Phi) is 4.73. The SMILES string of the molecule is CC(=O)Oc1ccc(-n2nc3ccc(OC(C)=O)cc3c2Cl)c(C=O)c1. The normalized spacial score (nSPS) is 10.6. The van der Waals surface area contributed by atoms with E-state index in [2.05, 4.69) is 5.10 Å². The number of ether oxygens (including phenoxy) is 2. The number of aldehydes is 1. The number of nitrogens with zero attached hydrogens (tertiary/aromatic N) is 2. The number of benzene rings is 2. The predicted octanol–water partition coefficient (Wildman–Crippen LogP) is 3.34. The van der Waals surface area contributed by atoms with Gasteiger partial charge >= 0.3 is 11.9 Å². The molecule has 0 amide bonds. The van der Waals surface area contributed by atoms with Crippen molar-refractivity contribution in [2.45, 2.75) is 13.8 Å². The quantitative estimate of drug-likeness (QED) is 0.396. The van der Waals surface area contributed by atoms with Gasteiger partial charge in [0.25, 0.3) is 0 Å². The molecule has 2 aromatic carbocycles. The highest BCUT2D eigenvalue weighted by Crippen LogP contribution is 2.31. The second-order valence-electron chi connectivity index (χ2n) is 5.41.